The first-order chi connectivity index (χ1) is 19.7. The molecule has 2 atom stereocenters. The van der Waals surface area contributed by atoms with Crippen LogP contribution in [-0.4, -0.2) is 58.2 Å². The topological polar surface area (TPSA) is 96.7 Å². The lowest BCUT2D eigenvalue weighted by molar-refractivity contribution is -0.173. The Hall–Kier alpha value is -4.30. The van der Waals surface area contributed by atoms with Gasteiger partial charge in [-0.2, -0.15) is 36.4 Å². The van der Waals surface area contributed by atoms with Gasteiger partial charge in [-0.3, -0.25) is 9.78 Å². The van der Waals surface area contributed by atoms with Crippen molar-refractivity contribution in [1.82, 2.24) is 14.8 Å². The van der Waals surface area contributed by atoms with Gasteiger partial charge in [0.15, 0.2) is 0 Å². The number of halogens is 6. The number of guanidine groups is 1. The van der Waals surface area contributed by atoms with Crippen molar-refractivity contribution in [3.05, 3.63) is 47.8 Å². The molecule has 2 aromatic heterocycles. The second-order valence-electron chi connectivity index (χ2n) is 10.2. The van der Waals surface area contributed by atoms with Gasteiger partial charge in [0.2, 0.25) is 11.8 Å². The lowest BCUT2D eigenvalue weighted by atomic mass is 10.0. The number of carbonyl (C=O) groups is 1. The van der Waals surface area contributed by atoms with E-state index in [0.29, 0.717) is 22.8 Å². The van der Waals surface area contributed by atoms with Crippen LogP contribution >= 0.6 is 0 Å². The number of anilines is 3. The maximum atomic E-state index is 14.2. The van der Waals surface area contributed by atoms with E-state index >= 15 is 0 Å². The van der Waals surface area contributed by atoms with Crippen molar-refractivity contribution in [3.8, 4) is 17.1 Å². The highest BCUT2D eigenvalue weighted by Crippen LogP contribution is 2.40. The zero-order valence-corrected chi connectivity index (χ0v) is 22.8. The molecule has 4 heterocycles. The molecule has 1 aromatic carbocycles. The highest BCUT2D eigenvalue weighted by atomic mass is 19.4. The average molecular weight is 596 g/mol. The first-order valence-corrected chi connectivity index (χ1v) is 13.1. The van der Waals surface area contributed by atoms with Gasteiger partial charge in [-0.1, -0.05) is 0 Å². The fourth-order valence-electron chi connectivity index (χ4n) is 4.81. The van der Waals surface area contributed by atoms with Gasteiger partial charge in [0.05, 0.1) is 41.4 Å². The molecule has 9 nitrogen and oxygen atoms in total. The summed E-state index contributed by atoms with van der Waals surface area (Å²) in [6, 6.07) is 5.19. The molecule has 15 heteroatoms. The molecule has 3 aromatic rings. The van der Waals surface area contributed by atoms with Crippen LogP contribution in [0.15, 0.2) is 41.5 Å². The van der Waals surface area contributed by atoms with Gasteiger partial charge in [-0.15, -0.1) is 0 Å². The van der Waals surface area contributed by atoms with Crippen molar-refractivity contribution in [2.45, 2.75) is 45.1 Å². The van der Waals surface area contributed by atoms with E-state index in [1.54, 1.807) is 14.0 Å². The van der Waals surface area contributed by atoms with Crippen molar-refractivity contribution in [3.63, 3.8) is 0 Å². The summed E-state index contributed by atoms with van der Waals surface area (Å²) in [5, 5.41) is 9.35. The van der Waals surface area contributed by atoms with Crippen molar-refractivity contribution in [1.29, 1.82) is 0 Å². The quantitative estimate of drug-likeness (QED) is 0.355. The molecule has 0 fully saturated rings. The number of fused-ring (bicyclic) bond motifs is 7. The molecule has 1 amide bonds. The number of amides is 1. The molecule has 0 saturated carbocycles. The molecule has 2 unspecified atom stereocenters. The van der Waals surface area contributed by atoms with E-state index in [1.807, 2.05) is 0 Å². The van der Waals surface area contributed by atoms with Crippen molar-refractivity contribution in [2.75, 3.05) is 28.7 Å². The number of aryl methyl sites for hydroxylation is 2. The normalized spacial score (nSPS) is 19.6. The largest absolute Gasteiger partial charge is 0.477 e. The standard InChI is InChI=1S/C27H27F6N7O2/c1-14-9-16-10-20(35-14)19-12-34-39(3)24(19)42-8-4-5-17(27(31,32)33)13-40-22-7-6-18(36-15(2)26(28,29)30)11-21(22)37-25(40)38-23(16)41/h6-7,9-12,15,17,36H,4-5,8,13H2,1-3H3,(H,37,38,41). The predicted octanol–water partition coefficient (Wildman–Crippen LogP) is 5.93. The summed E-state index contributed by atoms with van der Waals surface area (Å²) in [5.41, 5.74) is 1.99. The van der Waals surface area contributed by atoms with Crippen LogP contribution in [-0.2, 0) is 7.05 Å². The van der Waals surface area contributed by atoms with Crippen LogP contribution < -0.4 is 20.3 Å². The van der Waals surface area contributed by atoms with Gasteiger partial charge >= 0.3 is 12.4 Å². The third-order valence-corrected chi connectivity index (χ3v) is 7.03. The highest BCUT2D eigenvalue weighted by Gasteiger charge is 2.43. The molecule has 0 spiro atoms. The Morgan fingerprint density at radius 1 is 1.14 bits per heavy atom. The molecule has 0 saturated heterocycles. The number of alkyl halides is 6. The Labute approximate surface area is 236 Å². The molecule has 5 rings (SSSR count). The maximum Gasteiger partial charge on any atom is 0.408 e. The van der Waals surface area contributed by atoms with Gasteiger partial charge in [0.25, 0.3) is 5.91 Å². The minimum absolute atomic E-state index is 0.0288. The number of carbonyl (C=O) groups excluding carboxylic acids is 1. The van der Waals surface area contributed by atoms with E-state index < -0.39 is 36.8 Å². The van der Waals surface area contributed by atoms with Crippen LogP contribution in [0.2, 0.25) is 0 Å². The number of hydrogen-bond acceptors (Lipinski definition) is 7. The maximum absolute atomic E-state index is 14.2. The van der Waals surface area contributed by atoms with Gasteiger partial charge in [-0.25, -0.2) is 4.68 Å². The lowest BCUT2D eigenvalue weighted by Gasteiger charge is -2.27. The summed E-state index contributed by atoms with van der Waals surface area (Å²) in [5.74, 6) is -2.46. The van der Waals surface area contributed by atoms with Crippen LogP contribution in [0.25, 0.3) is 11.3 Å². The predicted molar refractivity (Wildman–Crippen MR) is 144 cm³/mol. The van der Waals surface area contributed by atoms with Gasteiger partial charge in [-0.05, 0) is 57.0 Å². The second-order valence-corrected chi connectivity index (χ2v) is 10.2. The summed E-state index contributed by atoms with van der Waals surface area (Å²) in [7, 11) is 1.63. The summed E-state index contributed by atoms with van der Waals surface area (Å²) in [6.07, 6.45) is -7.85. The van der Waals surface area contributed by atoms with E-state index in [1.165, 1.54) is 46.1 Å². The average Bonchev–Trinajstić information content (AvgIpc) is 3.42. The number of hydrogen-bond donors (Lipinski definition) is 2. The number of ether oxygens (including phenoxy) is 1. The molecule has 2 aliphatic heterocycles. The Kier molecular flexibility index (Phi) is 7.53. The monoisotopic (exact) mass is 595 g/mol. The molecule has 2 aliphatic rings. The summed E-state index contributed by atoms with van der Waals surface area (Å²) >= 11 is 0. The van der Waals surface area contributed by atoms with Crippen LogP contribution in [0.4, 0.5) is 43.4 Å². The van der Waals surface area contributed by atoms with E-state index in [0.717, 1.165) is 6.92 Å². The first-order valence-electron chi connectivity index (χ1n) is 13.1. The fraction of sp³-hybridized carbons (Fsp3) is 0.407. The second kappa shape index (κ2) is 10.8. The van der Waals surface area contributed by atoms with Crippen molar-refractivity contribution >= 4 is 28.9 Å². The van der Waals surface area contributed by atoms with E-state index in [9.17, 15) is 31.1 Å². The molecule has 42 heavy (non-hydrogen) atoms. The number of nitrogens with one attached hydrogen (secondary N) is 2. The van der Waals surface area contributed by atoms with Gasteiger partial charge in [0, 0.05) is 30.5 Å². The third-order valence-electron chi connectivity index (χ3n) is 7.03. The summed E-state index contributed by atoms with van der Waals surface area (Å²) in [4.78, 5) is 23.2. The molecule has 224 valence electrons. The van der Waals surface area contributed by atoms with Crippen molar-refractivity contribution in [2.24, 2.45) is 18.0 Å². The number of aliphatic imine (C=N–C) groups is 1. The molecule has 0 radical (unpaired) electrons. The molecule has 2 N–H and O–H groups in total. The Morgan fingerprint density at radius 3 is 2.62 bits per heavy atom. The van der Waals surface area contributed by atoms with Crippen LogP contribution in [0, 0.1) is 12.8 Å². The Bertz CT molecular complexity index is 1530. The van der Waals surface area contributed by atoms with Gasteiger partial charge in [0.1, 0.15) is 6.04 Å². The number of nitrogens with zero attached hydrogens (tertiary/aromatic N) is 5. The number of aromatic nitrogens is 3. The van der Waals surface area contributed by atoms with Crippen LogP contribution in [0.3, 0.4) is 0 Å². The van der Waals surface area contributed by atoms with E-state index in [4.69, 9.17) is 4.74 Å². The zero-order valence-electron chi connectivity index (χ0n) is 22.8. The highest BCUT2D eigenvalue weighted by molar-refractivity contribution is 6.19. The Balaban J connectivity index is 1.58. The minimum atomic E-state index is -4.60. The van der Waals surface area contributed by atoms with Crippen LogP contribution in [0.1, 0.15) is 35.8 Å². The van der Waals surface area contributed by atoms with Crippen LogP contribution in [0.5, 0.6) is 5.88 Å². The minimum Gasteiger partial charge on any atom is -0.477 e. The molecular formula is C27H27F6N7O2. The van der Waals surface area contributed by atoms with E-state index in [2.05, 4.69) is 25.7 Å². The number of pyridine rings is 1. The SMILES string of the molecule is Cc1cc2cc(n1)-c1cnn(C)c1OCCCC(C(F)(F)F)CN1/C(=N/C2=O)Nc2cc(NC(C)C(F)(F)F)ccc21. The fourth-order valence-corrected chi connectivity index (χ4v) is 4.81. The first kappa shape index (κ1) is 29.2. The zero-order chi connectivity index (χ0) is 30.4. The third kappa shape index (κ3) is 5.99. The number of rotatable bonds is 2. The summed E-state index contributed by atoms with van der Waals surface area (Å²) < 4.78 is 89.2. The van der Waals surface area contributed by atoms with Gasteiger partial charge < -0.3 is 20.3 Å². The van der Waals surface area contributed by atoms with Crippen molar-refractivity contribution < 1.29 is 35.9 Å². The smallest absolute Gasteiger partial charge is 0.408 e. The van der Waals surface area contributed by atoms with E-state index in [-0.39, 0.29) is 48.0 Å². The summed E-state index contributed by atoms with van der Waals surface area (Å²) in [6.45, 7) is 2.02. The number of benzene rings is 1. The molecule has 0 aliphatic carbocycles. The lowest BCUT2D eigenvalue weighted by Crippen LogP contribution is -2.40. The Morgan fingerprint density at radius 2 is 1.90 bits per heavy atom. The molecular weight excluding hydrogens is 568 g/mol. The molecule has 2 bridgehead atoms.